The van der Waals surface area contributed by atoms with Gasteiger partial charge in [-0.25, -0.2) is 4.79 Å². The highest BCUT2D eigenvalue weighted by molar-refractivity contribution is 7.99. The van der Waals surface area contributed by atoms with E-state index in [9.17, 15) is 39.6 Å². The zero-order valence-electron chi connectivity index (χ0n) is 37.0. The molecule has 0 aromatic carbocycles. The average Bonchev–Trinajstić information content (AvgIpc) is 3.22. The van der Waals surface area contributed by atoms with Gasteiger partial charge in [0, 0.05) is 57.2 Å². The predicted octanol–water partition coefficient (Wildman–Crippen LogP) is 3.88. The van der Waals surface area contributed by atoms with Gasteiger partial charge >= 0.3 is 5.97 Å². The molecule has 0 radical (unpaired) electrons. The highest BCUT2D eigenvalue weighted by Gasteiger charge is 2.56. The third kappa shape index (κ3) is 12.9. The number of aliphatic hydroxyl groups excluding tert-OH is 3. The molecule has 342 valence electrons. The Kier molecular flexibility index (Phi) is 19.7. The fourth-order valence-electron chi connectivity index (χ4n) is 9.68. The number of piperidine rings is 1. The van der Waals surface area contributed by atoms with E-state index in [0.717, 1.165) is 28.4 Å². The lowest BCUT2D eigenvalue weighted by molar-refractivity contribution is -0.301. The van der Waals surface area contributed by atoms with Crippen LogP contribution in [0.4, 0.5) is 0 Å². The molecule has 0 unspecified atom stereocenters. The quantitative estimate of drug-likeness (QED) is 0.0913. The first-order valence-corrected chi connectivity index (χ1v) is 23.3. The molecule has 3 heterocycles. The van der Waals surface area contributed by atoms with Crippen molar-refractivity contribution >= 4 is 35.2 Å². The number of ketones is 2. The van der Waals surface area contributed by atoms with E-state index >= 15 is 0 Å². The number of allylic oxidation sites excluding steroid dienone is 3. The highest BCUT2D eigenvalue weighted by atomic mass is 32.2. The monoisotopic (exact) mass is 866 g/mol. The van der Waals surface area contributed by atoms with Crippen molar-refractivity contribution in [2.24, 2.45) is 35.3 Å². The molecule has 2 bridgehead atoms. The summed E-state index contributed by atoms with van der Waals surface area (Å²) >= 11 is 1.73. The number of nitrogens with zero attached hydrogens (tertiary/aromatic N) is 1. The van der Waals surface area contributed by atoms with E-state index in [1.807, 2.05) is 32.9 Å². The van der Waals surface area contributed by atoms with Crippen LogP contribution in [0.15, 0.2) is 23.3 Å². The van der Waals surface area contributed by atoms with Crippen LogP contribution in [0, 0.1) is 29.6 Å². The van der Waals surface area contributed by atoms with E-state index in [2.05, 4.69) is 0 Å². The molecule has 14 atom stereocenters. The van der Waals surface area contributed by atoms with Gasteiger partial charge in [-0.15, -0.1) is 0 Å². The number of amides is 1. The second-order valence-corrected chi connectivity index (χ2v) is 19.3. The number of hydrogen-bond donors (Lipinski definition) is 5. The standard InChI is InChI=1S/C45H74N2O12S/c1-26-19-27(2)21-37(51)41-39(57-7)23-29(4)45(55,59-41)42(52)43(53)47-16-9-8-12-33(47)44(54)58-40(28(3)22-31-13-14-34(48)38(24-31)56-6)30(5)35(49)25-36(50)32(20-26)11-10-17-60-18-15-46/h20,22,27,29-35,37-41,48-49,51,55H,8-19,21,23-25,46H2,1-7H3/b26-20+,28-22+/t27-,29+,30+,31-,32+,33-,34+,35-,37-,38+,39-,40+,41+,45+/m0/s1. The van der Waals surface area contributed by atoms with Crippen molar-refractivity contribution in [1.82, 2.24) is 4.90 Å². The number of cyclic esters (lactones) is 1. The van der Waals surface area contributed by atoms with Gasteiger partial charge < -0.3 is 50.0 Å². The minimum absolute atomic E-state index is 0.0196. The number of carbonyl (C=O) groups is 4. The number of methoxy groups -OCH3 is 2. The molecule has 3 fully saturated rings. The van der Waals surface area contributed by atoms with E-state index in [4.69, 9.17) is 24.7 Å². The van der Waals surface area contributed by atoms with E-state index in [-0.39, 0.29) is 56.0 Å². The number of esters is 1. The highest BCUT2D eigenvalue weighted by Crippen LogP contribution is 2.39. The van der Waals surface area contributed by atoms with E-state index in [1.165, 1.54) is 7.11 Å². The summed E-state index contributed by atoms with van der Waals surface area (Å²) in [6, 6.07) is -1.17. The number of ether oxygens (including phenoxy) is 4. The number of thioether (sulfide) groups is 1. The molecule has 14 nitrogen and oxygen atoms in total. The largest absolute Gasteiger partial charge is 0.456 e. The molecule has 60 heavy (non-hydrogen) atoms. The maximum absolute atomic E-state index is 14.4. The third-order valence-corrected chi connectivity index (χ3v) is 14.3. The first-order valence-electron chi connectivity index (χ1n) is 22.2. The molecule has 1 saturated carbocycles. The van der Waals surface area contributed by atoms with Gasteiger partial charge in [0.05, 0.1) is 30.5 Å². The number of aliphatic hydroxyl groups is 4. The normalized spacial score (nSPS) is 39.6. The van der Waals surface area contributed by atoms with Crippen molar-refractivity contribution < 1.29 is 58.6 Å². The van der Waals surface area contributed by atoms with Gasteiger partial charge in [-0.3, -0.25) is 14.4 Å². The Morgan fingerprint density at radius 1 is 0.950 bits per heavy atom. The summed E-state index contributed by atoms with van der Waals surface area (Å²) < 4.78 is 23.6. The molecule has 4 aliphatic rings. The lowest BCUT2D eigenvalue weighted by Gasteiger charge is -2.46. The fraction of sp³-hybridized carbons (Fsp3) is 0.822. The lowest BCUT2D eigenvalue weighted by Crippen LogP contribution is -2.64. The first kappa shape index (κ1) is 50.4. The molecule has 2 saturated heterocycles. The van der Waals surface area contributed by atoms with Crippen LogP contribution < -0.4 is 5.73 Å². The molecule has 0 aromatic heterocycles. The maximum Gasteiger partial charge on any atom is 0.329 e. The summed E-state index contributed by atoms with van der Waals surface area (Å²) in [4.78, 5) is 58.0. The Balaban J connectivity index is 1.76. The Bertz CT molecular complexity index is 1510. The smallest absolute Gasteiger partial charge is 0.329 e. The second kappa shape index (κ2) is 23.5. The molecule has 1 aliphatic carbocycles. The SMILES string of the molecule is CO[C@H]1C[C@@H](C)[C@@]2(O)O[C@@H]1[C@@H](O)C[C@@H](C)C/C(C)=C/[C@@H](CCCSCCN)C(=O)C[C@H](O)[C@@H](C)[C@@H](/C(C)=C/[C@@H]1CC[C@@H](O)[C@H](OC)C1)OC(=O)[C@@H]1CCCCN1C(=O)C2=O. The third-order valence-electron chi connectivity index (χ3n) is 13.2. The summed E-state index contributed by atoms with van der Waals surface area (Å²) in [7, 11) is 3.03. The molecule has 0 aromatic rings. The van der Waals surface area contributed by atoms with Gasteiger partial charge in [0.15, 0.2) is 0 Å². The van der Waals surface area contributed by atoms with Gasteiger partial charge in [0.25, 0.3) is 11.7 Å². The van der Waals surface area contributed by atoms with Crippen LogP contribution in [-0.4, -0.2) is 142 Å². The minimum atomic E-state index is -2.59. The van der Waals surface area contributed by atoms with Gasteiger partial charge in [0.2, 0.25) is 5.79 Å². The van der Waals surface area contributed by atoms with Crippen LogP contribution >= 0.6 is 11.8 Å². The van der Waals surface area contributed by atoms with Crippen molar-refractivity contribution in [2.75, 3.05) is 38.8 Å². The van der Waals surface area contributed by atoms with Crippen LogP contribution in [0.1, 0.15) is 112 Å². The number of nitrogens with two attached hydrogens (primary N) is 1. The summed E-state index contributed by atoms with van der Waals surface area (Å²) in [6.07, 6.45) is 2.84. The van der Waals surface area contributed by atoms with Crippen molar-refractivity contribution in [1.29, 1.82) is 0 Å². The van der Waals surface area contributed by atoms with Gasteiger partial charge in [-0.2, -0.15) is 11.8 Å². The van der Waals surface area contributed by atoms with E-state index < -0.39 is 83.9 Å². The van der Waals surface area contributed by atoms with Gasteiger partial charge in [-0.1, -0.05) is 38.5 Å². The Labute approximate surface area is 361 Å². The maximum atomic E-state index is 14.4. The van der Waals surface area contributed by atoms with Crippen LogP contribution in [0.25, 0.3) is 0 Å². The summed E-state index contributed by atoms with van der Waals surface area (Å²) in [5, 5.41) is 45.8. The van der Waals surface area contributed by atoms with Crippen LogP contribution in [0.2, 0.25) is 0 Å². The molecule has 6 N–H and O–H groups in total. The number of Topliss-reactive ketones (excluding diaryl/α,β-unsaturated/α-hetero) is 2. The number of carbonyl (C=O) groups excluding carboxylic acids is 4. The van der Waals surface area contributed by atoms with Crippen LogP contribution in [0.5, 0.6) is 0 Å². The number of hydrogen-bond acceptors (Lipinski definition) is 14. The Hall–Kier alpha value is -2.21. The van der Waals surface area contributed by atoms with Gasteiger partial charge in [-0.05, 0) is 108 Å². The van der Waals surface area contributed by atoms with Gasteiger partial charge in [0.1, 0.15) is 24.0 Å². The van der Waals surface area contributed by atoms with Crippen LogP contribution in [-0.2, 0) is 38.1 Å². The van der Waals surface area contributed by atoms with Crippen molar-refractivity contribution in [2.45, 2.75) is 166 Å². The number of rotatable bonds is 10. The van der Waals surface area contributed by atoms with E-state index in [0.29, 0.717) is 57.1 Å². The lowest BCUT2D eigenvalue weighted by atomic mass is 9.81. The molecule has 4 rings (SSSR count). The summed E-state index contributed by atoms with van der Waals surface area (Å²) in [6.45, 7) is 9.67. The Morgan fingerprint density at radius 2 is 1.67 bits per heavy atom. The zero-order chi connectivity index (χ0) is 44.3. The topological polar surface area (TPSA) is 215 Å². The predicted molar refractivity (Wildman–Crippen MR) is 229 cm³/mol. The summed E-state index contributed by atoms with van der Waals surface area (Å²) in [5.74, 6) is -6.42. The van der Waals surface area contributed by atoms with Crippen molar-refractivity contribution in [3.05, 3.63) is 23.3 Å². The minimum Gasteiger partial charge on any atom is -0.456 e. The molecule has 3 aliphatic heterocycles. The molecule has 1 amide bonds. The fourth-order valence-corrected chi connectivity index (χ4v) is 10.4. The van der Waals surface area contributed by atoms with Crippen LogP contribution in [0.3, 0.4) is 0 Å². The first-order chi connectivity index (χ1) is 28.4. The molecule has 15 heteroatoms. The van der Waals surface area contributed by atoms with E-state index in [1.54, 1.807) is 32.7 Å². The molecular formula is C45H74N2O12S. The second-order valence-electron chi connectivity index (χ2n) is 18.1. The molecule has 0 spiro atoms. The van der Waals surface area contributed by atoms with Crippen molar-refractivity contribution in [3.63, 3.8) is 0 Å². The Morgan fingerprint density at radius 3 is 2.35 bits per heavy atom. The zero-order valence-corrected chi connectivity index (χ0v) is 37.8. The summed E-state index contributed by atoms with van der Waals surface area (Å²) in [5.41, 5.74) is 7.28. The average molecular weight is 867 g/mol. The molecular weight excluding hydrogens is 793 g/mol. The van der Waals surface area contributed by atoms with Crippen molar-refractivity contribution in [3.8, 4) is 0 Å². The number of fused-ring (bicyclic) bond motifs is 3.